The summed E-state index contributed by atoms with van der Waals surface area (Å²) in [6.07, 6.45) is 0.716. The Morgan fingerprint density at radius 1 is 1.25 bits per heavy atom. The molecule has 1 aromatic carbocycles. The summed E-state index contributed by atoms with van der Waals surface area (Å²) in [7, 11) is 1.70. The van der Waals surface area contributed by atoms with E-state index in [0.29, 0.717) is 26.7 Å². The van der Waals surface area contributed by atoms with Crippen LogP contribution in [-0.4, -0.2) is 33.5 Å². The van der Waals surface area contributed by atoms with E-state index in [2.05, 4.69) is 15.4 Å². The molecule has 148 valence electrons. The van der Waals surface area contributed by atoms with Gasteiger partial charge in [-0.05, 0) is 74.2 Å². The molecule has 28 heavy (non-hydrogen) atoms. The van der Waals surface area contributed by atoms with E-state index in [-0.39, 0.29) is 11.3 Å². The van der Waals surface area contributed by atoms with Crippen molar-refractivity contribution in [3.8, 4) is 11.3 Å². The van der Waals surface area contributed by atoms with E-state index in [1.165, 1.54) is 24.4 Å². The van der Waals surface area contributed by atoms with E-state index < -0.39 is 23.3 Å². The lowest BCUT2D eigenvalue weighted by Gasteiger charge is -2.19. The smallest absolute Gasteiger partial charge is 0.435 e. The second kappa shape index (κ2) is 7.70. The summed E-state index contributed by atoms with van der Waals surface area (Å²) in [6, 6.07) is 4.07. The van der Waals surface area contributed by atoms with E-state index in [0.717, 1.165) is 4.68 Å². The van der Waals surface area contributed by atoms with Crippen LogP contribution in [0.2, 0.25) is 0 Å². The van der Waals surface area contributed by atoms with Gasteiger partial charge in [-0.25, -0.2) is 13.6 Å². The lowest BCUT2D eigenvalue weighted by atomic mass is 10.1. The molecule has 9 heteroatoms. The first kappa shape index (κ1) is 20.6. The van der Waals surface area contributed by atoms with Crippen LogP contribution in [0.4, 0.5) is 13.6 Å². The molecule has 0 bridgehead atoms. The highest BCUT2D eigenvalue weighted by Gasteiger charge is 2.23. The summed E-state index contributed by atoms with van der Waals surface area (Å²) in [4.78, 5) is 16.5. The van der Waals surface area contributed by atoms with E-state index >= 15 is 0 Å². The predicted molar refractivity (Wildman–Crippen MR) is 110 cm³/mol. The van der Waals surface area contributed by atoms with Gasteiger partial charge in [-0.15, -0.1) is 0 Å². The highest BCUT2D eigenvalue weighted by atomic mass is 127. The van der Waals surface area contributed by atoms with Crippen molar-refractivity contribution in [2.75, 3.05) is 7.05 Å². The minimum Gasteiger partial charge on any atom is -0.442 e. The predicted octanol–water partition coefficient (Wildman–Crippen LogP) is 4.48. The Labute approximate surface area is 174 Å². The molecule has 0 unspecified atom stereocenters. The molecule has 1 N–H and O–H groups in total. The third-order valence-corrected chi connectivity index (χ3v) is 4.62. The number of carbonyl (C=O) groups excluding carboxylic acids is 1. The maximum Gasteiger partial charge on any atom is 0.435 e. The van der Waals surface area contributed by atoms with Gasteiger partial charge in [-0.1, -0.05) is 0 Å². The Kier molecular flexibility index (Phi) is 5.67. The average Bonchev–Trinajstić information content (AvgIpc) is 2.90. The van der Waals surface area contributed by atoms with Crippen molar-refractivity contribution in [1.82, 2.24) is 20.1 Å². The van der Waals surface area contributed by atoms with Crippen LogP contribution in [0.15, 0.2) is 24.4 Å². The van der Waals surface area contributed by atoms with Gasteiger partial charge in [0.15, 0.2) is 0 Å². The fourth-order valence-electron chi connectivity index (χ4n) is 2.74. The molecule has 0 aliphatic rings. The standard InChI is InChI=1S/C19H19F2IN4O2/c1-19(2,3)28-18(27)26-15-9-24-14(7-11(15)17(22)25-26)16-12(20)5-10(8-23-4)6-13(16)21/h5-7,9,23H,8H2,1-4H3. The monoisotopic (exact) mass is 500 g/mol. The second-order valence-electron chi connectivity index (χ2n) is 7.23. The van der Waals surface area contributed by atoms with Gasteiger partial charge in [0.2, 0.25) is 0 Å². The number of halogens is 3. The first-order valence-electron chi connectivity index (χ1n) is 8.51. The van der Waals surface area contributed by atoms with E-state index in [1.54, 1.807) is 27.8 Å². The summed E-state index contributed by atoms with van der Waals surface area (Å²) in [5.74, 6) is -1.40. The molecule has 3 aromatic rings. The maximum atomic E-state index is 14.5. The van der Waals surface area contributed by atoms with Gasteiger partial charge in [0.1, 0.15) is 26.5 Å². The molecule has 0 aliphatic carbocycles. The Bertz CT molecular complexity index is 1040. The zero-order chi connectivity index (χ0) is 20.6. The zero-order valence-corrected chi connectivity index (χ0v) is 18.0. The molecule has 3 rings (SSSR count). The molecular weight excluding hydrogens is 481 g/mol. The minimum atomic E-state index is -0.702. The van der Waals surface area contributed by atoms with Gasteiger partial charge >= 0.3 is 6.09 Å². The van der Waals surface area contributed by atoms with Crippen LogP contribution in [0.25, 0.3) is 22.2 Å². The Morgan fingerprint density at radius 2 is 1.89 bits per heavy atom. The van der Waals surface area contributed by atoms with Crippen LogP contribution in [0.5, 0.6) is 0 Å². The molecule has 0 spiro atoms. The molecule has 0 fully saturated rings. The van der Waals surface area contributed by atoms with Crippen molar-refractivity contribution in [2.45, 2.75) is 32.9 Å². The molecule has 6 nitrogen and oxygen atoms in total. The summed E-state index contributed by atoms with van der Waals surface area (Å²) in [6.45, 7) is 5.60. The fourth-order valence-corrected chi connectivity index (χ4v) is 3.38. The number of aromatic nitrogens is 3. The number of carbonyl (C=O) groups is 1. The van der Waals surface area contributed by atoms with Gasteiger partial charge in [0.05, 0.1) is 17.5 Å². The largest absolute Gasteiger partial charge is 0.442 e. The van der Waals surface area contributed by atoms with E-state index in [1.807, 2.05) is 22.6 Å². The van der Waals surface area contributed by atoms with Crippen molar-refractivity contribution in [3.05, 3.63) is 45.3 Å². The molecule has 0 amide bonds. The zero-order valence-electron chi connectivity index (χ0n) is 15.8. The third kappa shape index (κ3) is 4.14. The minimum absolute atomic E-state index is 0.125. The van der Waals surface area contributed by atoms with Crippen LogP contribution >= 0.6 is 22.6 Å². The van der Waals surface area contributed by atoms with Crippen LogP contribution in [-0.2, 0) is 11.3 Å². The van der Waals surface area contributed by atoms with Crippen molar-refractivity contribution < 1.29 is 18.3 Å². The highest BCUT2D eigenvalue weighted by molar-refractivity contribution is 14.1. The van der Waals surface area contributed by atoms with Crippen LogP contribution in [0.3, 0.4) is 0 Å². The van der Waals surface area contributed by atoms with Crippen molar-refractivity contribution in [3.63, 3.8) is 0 Å². The van der Waals surface area contributed by atoms with Crippen molar-refractivity contribution in [2.24, 2.45) is 0 Å². The van der Waals surface area contributed by atoms with Crippen molar-refractivity contribution >= 4 is 39.6 Å². The van der Waals surface area contributed by atoms with Gasteiger partial charge in [0.25, 0.3) is 0 Å². The van der Waals surface area contributed by atoms with Gasteiger partial charge < -0.3 is 10.1 Å². The molecule has 2 heterocycles. The molecule has 0 atom stereocenters. The molecule has 0 saturated heterocycles. The number of pyridine rings is 1. The molecule has 0 aliphatic heterocycles. The topological polar surface area (TPSA) is 69.0 Å². The molecule has 0 radical (unpaired) electrons. The number of hydrogen-bond acceptors (Lipinski definition) is 5. The number of benzene rings is 1. The van der Waals surface area contributed by atoms with Gasteiger partial charge in [0, 0.05) is 11.9 Å². The normalized spacial score (nSPS) is 11.8. The fraction of sp³-hybridized carbons (Fsp3) is 0.316. The van der Waals surface area contributed by atoms with E-state index in [9.17, 15) is 13.6 Å². The molecular formula is C19H19F2IN4O2. The Balaban J connectivity index is 2.07. The highest BCUT2D eigenvalue weighted by Crippen LogP contribution is 2.30. The third-order valence-electron chi connectivity index (χ3n) is 3.83. The summed E-state index contributed by atoms with van der Waals surface area (Å²) in [5.41, 5.74) is 0.114. The number of nitrogens with one attached hydrogen (secondary N) is 1. The number of hydrogen-bond donors (Lipinski definition) is 1. The summed E-state index contributed by atoms with van der Waals surface area (Å²) in [5, 5.41) is 7.59. The molecule has 0 saturated carbocycles. The summed E-state index contributed by atoms with van der Waals surface area (Å²) >= 11 is 1.96. The Hall–Kier alpha value is -2.14. The number of fused-ring (bicyclic) bond motifs is 1. The number of ether oxygens (including phenoxy) is 1. The molecule has 2 aromatic heterocycles. The first-order valence-corrected chi connectivity index (χ1v) is 9.59. The second-order valence-corrected chi connectivity index (χ2v) is 8.26. The van der Waals surface area contributed by atoms with Crippen molar-refractivity contribution in [1.29, 1.82) is 0 Å². The van der Waals surface area contributed by atoms with Crippen LogP contribution in [0, 0.1) is 15.3 Å². The number of rotatable bonds is 3. The van der Waals surface area contributed by atoms with Crippen LogP contribution < -0.4 is 5.32 Å². The van der Waals surface area contributed by atoms with E-state index in [4.69, 9.17) is 4.74 Å². The van der Waals surface area contributed by atoms with Crippen LogP contribution in [0.1, 0.15) is 26.3 Å². The maximum absolute atomic E-state index is 14.5. The lowest BCUT2D eigenvalue weighted by Crippen LogP contribution is -2.27. The quantitative estimate of drug-likeness (QED) is 0.538. The average molecular weight is 500 g/mol. The first-order chi connectivity index (χ1) is 13.1. The number of nitrogens with zero attached hydrogens (tertiary/aromatic N) is 3. The SMILES string of the molecule is CNCc1cc(F)c(-c2cc3c(I)nn(C(=O)OC(C)(C)C)c3cn2)c(F)c1. The van der Waals surface area contributed by atoms with Gasteiger partial charge in [-0.3, -0.25) is 4.98 Å². The lowest BCUT2D eigenvalue weighted by molar-refractivity contribution is 0.0522. The van der Waals surface area contributed by atoms with Gasteiger partial charge in [-0.2, -0.15) is 9.78 Å². The summed E-state index contributed by atoms with van der Waals surface area (Å²) < 4.78 is 36.0. The Morgan fingerprint density at radius 3 is 2.46 bits per heavy atom.